The number of halogens is 1. The van der Waals surface area contributed by atoms with E-state index in [4.69, 9.17) is 9.84 Å². The van der Waals surface area contributed by atoms with Crippen LogP contribution in [0.15, 0.2) is 22.7 Å². The predicted molar refractivity (Wildman–Crippen MR) is 90.8 cm³/mol. The fourth-order valence-electron chi connectivity index (χ4n) is 2.62. The topological polar surface area (TPSA) is 66.8 Å². The summed E-state index contributed by atoms with van der Waals surface area (Å²) < 4.78 is 6.40. The zero-order valence-corrected chi connectivity index (χ0v) is 14.8. The molecule has 23 heavy (non-hydrogen) atoms. The Morgan fingerprint density at radius 3 is 2.87 bits per heavy atom. The van der Waals surface area contributed by atoms with Crippen molar-refractivity contribution in [2.24, 2.45) is 5.92 Å². The Bertz CT molecular complexity index is 576. The van der Waals surface area contributed by atoms with Crippen molar-refractivity contribution in [1.29, 1.82) is 0 Å². The number of carboxylic acid groups (broad SMARTS) is 1. The van der Waals surface area contributed by atoms with Gasteiger partial charge in [0.2, 0.25) is 0 Å². The van der Waals surface area contributed by atoms with Gasteiger partial charge >= 0.3 is 5.97 Å². The van der Waals surface area contributed by atoms with Crippen LogP contribution in [0.3, 0.4) is 0 Å². The van der Waals surface area contributed by atoms with Gasteiger partial charge in [-0.25, -0.2) is 0 Å². The van der Waals surface area contributed by atoms with Crippen LogP contribution in [0.1, 0.15) is 43.0 Å². The van der Waals surface area contributed by atoms with E-state index >= 15 is 0 Å². The Kier molecular flexibility index (Phi) is 6.45. The Morgan fingerprint density at radius 1 is 1.43 bits per heavy atom. The summed E-state index contributed by atoms with van der Waals surface area (Å²) in [4.78, 5) is 25.3. The molecule has 1 saturated heterocycles. The number of carbonyl (C=O) groups is 2. The van der Waals surface area contributed by atoms with Gasteiger partial charge in [0.15, 0.2) is 0 Å². The number of benzene rings is 1. The molecule has 1 amide bonds. The van der Waals surface area contributed by atoms with E-state index in [1.54, 1.807) is 23.1 Å². The van der Waals surface area contributed by atoms with Crippen LogP contribution < -0.4 is 4.74 Å². The minimum atomic E-state index is -0.830. The van der Waals surface area contributed by atoms with E-state index in [1.807, 2.05) is 0 Å². The lowest BCUT2D eigenvalue weighted by Crippen LogP contribution is -2.42. The van der Waals surface area contributed by atoms with Gasteiger partial charge in [-0.3, -0.25) is 9.59 Å². The molecule has 2 rings (SSSR count). The van der Waals surface area contributed by atoms with E-state index in [1.165, 1.54) is 0 Å². The van der Waals surface area contributed by atoms with Gasteiger partial charge in [-0.15, -0.1) is 0 Å². The molecule has 1 aliphatic heterocycles. The van der Waals surface area contributed by atoms with Gasteiger partial charge in [-0.05, 0) is 53.4 Å². The molecule has 1 aliphatic rings. The van der Waals surface area contributed by atoms with Crippen LogP contribution in [-0.2, 0) is 4.79 Å². The van der Waals surface area contributed by atoms with E-state index in [0.29, 0.717) is 25.1 Å². The number of amides is 1. The number of carbonyl (C=O) groups excluding carboxylic acids is 1. The van der Waals surface area contributed by atoms with E-state index in [-0.39, 0.29) is 12.5 Å². The van der Waals surface area contributed by atoms with Crippen LogP contribution in [0, 0.1) is 5.92 Å². The van der Waals surface area contributed by atoms with E-state index in [0.717, 1.165) is 29.5 Å². The molecular formula is C17H22BrNO4. The second-order valence-corrected chi connectivity index (χ2v) is 6.63. The van der Waals surface area contributed by atoms with Crippen molar-refractivity contribution in [1.82, 2.24) is 4.90 Å². The second-order valence-electron chi connectivity index (χ2n) is 5.78. The maximum atomic E-state index is 12.6. The number of hydrogen-bond acceptors (Lipinski definition) is 3. The first-order chi connectivity index (χ1) is 11.0. The first-order valence-electron chi connectivity index (χ1n) is 7.97. The van der Waals surface area contributed by atoms with Gasteiger partial charge in [-0.1, -0.05) is 13.3 Å². The lowest BCUT2D eigenvalue weighted by molar-refractivity contribution is -0.143. The highest BCUT2D eigenvalue weighted by molar-refractivity contribution is 9.10. The van der Waals surface area contributed by atoms with Crippen LogP contribution >= 0.6 is 15.9 Å². The molecule has 6 heteroatoms. The number of carboxylic acids is 1. The average molecular weight is 384 g/mol. The van der Waals surface area contributed by atoms with Crippen molar-refractivity contribution in [3.05, 3.63) is 28.2 Å². The molecule has 0 spiro atoms. The molecule has 0 saturated carbocycles. The third-order valence-corrected chi connectivity index (χ3v) is 4.61. The van der Waals surface area contributed by atoms with Crippen LogP contribution in [0.25, 0.3) is 0 Å². The summed E-state index contributed by atoms with van der Waals surface area (Å²) in [7, 11) is 0. The van der Waals surface area contributed by atoms with E-state index in [9.17, 15) is 9.59 Å². The summed E-state index contributed by atoms with van der Waals surface area (Å²) in [5.41, 5.74) is 0.547. The van der Waals surface area contributed by atoms with Crippen molar-refractivity contribution in [3.8, 4) is 5.75 Å². The Morgan fingerprint density at radius 2 is 2.22 bits per heavy atom. The largest absolute Gasteiger partial charge is 0.492 e. The summed E-state index contributed by atoms with van der Waals surface area (Å²) in [6, 6.07) is 5.26. The van der Waals surface area contributed by atoms with Gasteiger partial charge in [-0.2, -0.15) is 0 Å². The van der Waals surface area contributed by atoms with E-state index < -0.39 is 11.9 Å². The molecular weight excluding hydrogens is 362 g/mol. The first-order valence-corrected chi connectivity index (χ1v) is 8.76. The number of piperidine rings is 1. The summed E-state index contributed by atoms with van der Waals surface area (Å²) in [5, 5.41) is 9.13. The standard InChI is InChI=1S/C17H22BrNO4/c1-2-3-9-23-15-7-6-12(10-14(15)18)16(20)19-8-4-5-13(11-19)17(21)22/h6-7,10,13H,2-5,8-9,11H2,1H3,(H,21,22). The Balaban J connectivity index is 2.04. The molecule has 0 bridgehead atoms. The number of nitrogens with zero attached hydrogens (tertiary/aromatic N) is 1. The smallest absolute Gasteiger partial charge is 0.308 e. The first kappa shape index (κ1) is 17.8. The lowest BCUT2D eigenvalue weighted by Gasteiger charge is -2.30. The van der Waals surface area contributed by atoms with Gasteiger partial charge in [0.1, 0.15) is 5.75 Å². The third-order valence-electron chi connectivity index (χ3n) is 3.99. The average Bonchev–Trinajstić information content (AvgIpc) is 2.56. The molecule has 1 fully saturated rings. The van der Waals surface area contributed by atoms with Gasteiger partial charge in [0.25, 0.3) is 5.91 Å². The highest BCUT2D eigenvalue weighted by atomic mass is 79.9. The Hall–Kier alpha value is -1.56. The van der Waals surface area contributed by atoms with Gasteiger partial charge < -0.3 is 14.7 Å². The minimum absolute atomic E-state index is 0.128. The summed E-state index contributed by atoms with van der Waals surface area (Å²) in [6.45, 7) is 3.63. The third kappa shape index (κ3) is 4.70. The maximum Gasteiger partial charge on any atom is 0.308 e. The lowest BCUT2D eigenvalue weighted by atomic mass is 9.97. The molecule has 5 nitrogen and oxygen atoms in total. The number of hydrogen-bond donors (Lipinski definition) is 1. The fourth-order valence-corrected chi connectivity index (χ4v) is 3.12. The molecule has 1 aromatic carbocycles. The number of aliphatic carboxylic acids is 1. The SMILES string of the molecule is CCCCOc1ccc(C(=O)N2CCCC(C(=O)O)C2)cc1Br. The van der Waals surface area contributed by atoms with Crippen LogP contribution in [0.2, 0.25) is 0 Å². The monoisotopic (exact) mass is 383 g/mol. The molecule has 126 valence electrons. The van der Waals surface area contributed by atoms with Crippen molar-refractivity contribution in [2.75, 3.05) is 19.7 Å². The molecule has 1 aromatic rings. The van der Waals surface area contributed by atoms with E-state index in [2.05, 4.69) is 22.9 Å². The van der Waals surface area contributed by atoms with Crippen molar-refractivity contribution >= 4 is 27.8 Å². The number of unbranched alkanes of at least 4 members (excludes halogenated alkanes) is 1. The molecule has 1 N–H and O–H groups in total. The molecule has 0 aliphatic carbocycles. The minimum Gasteiger partial charge on any atom is -0.492 e. The van der Waals surface area contributed by atoms with Crippen LogP contribution in [0.4, 0.5) is 0 Å². The quantitative estimate of drug-likeness (QED) is 0.762. The zero-order valence-electron chi connectivity index (χ0n) is 13.3. The molecule has 1 unspecified atom stereocenters. The summed E-state index contributed by atoms with van der Waals surface area (Å²) in [6.07, 6.45) is 3.40. The van der Waals surface area contributed by atoms with Gasteiger partial charge in [0, 0.05) is 18.7 Å². The number of likely N-dealkylation sites (tertiary alicyclic amines) is 1. The molecule has 1 heterocycles. The number of ether oxygens (including phenoxy) is 1. The molecule has 0 radical (unpaired) electrons. The second kappa shape index (κ2) is 8.34. The van der Waals surface area contributed by atoms with Crippen LogP contribution in [-0.4, -0.2) is 41.6 Å². The molecule has 1 atom stereocenters. The van der Waals surface area contributed by atoms with Gasteiger partial charge in [0.05, 0.1) is 17.0 Å². The van der Waals surface area contributed by atoms with Crippen molar-refractivity contribution in [3.63, 3.8) is 0 Å². The van der Waals surface area contributed by atoms with Crippen LogP contribution in [0.5, 0.6) is 5.75 Å². The highest BCUT2D eigenvalue weighted by Gasteiger charge is 2.28. The fraction of sp³-hybridized carbons (Fsp3) is 0.529. The predicted octanol–water partition coefficient (Wildman–Crippen LogP) is 3.56. The Labute approximate surface area is 144 Å². The summed E-state index contributed by atoms with van der Waals surface area (Å²) >= 11 is 3.44. The van der Waals surface area contributed by atoms with Crippen molar-refractivity contribution in [2.45, 2.75) is 32.6 Å². The summed E-state index contributed by atoms with van der Waals surface area (Å²) in [5.74, 6) is -0.704. The van der Waals surface area contributed by atoms with Crippen molar-refractivity contribution < 1.29 is 19.4 Å². The highest BCUT2D eigenvalue weighted by Crippen LogP contribution is 2.27. The maximum absolute atomic E-state index is 12.6. The normalized spacial score (nSPS) is 17.8. The molecule has 0 aromatic heterocycles. The zero-order chi connectivity index (χ0) is 16.8. The number of rotatable bonds is 6.